The molecule has 0 fully saturated rings. The summed E-state index contributed by atoms with van der Waals surface area (Å²) in [5.41, 5.74) is 3.05. The van der Waals surface area contributed by atoms with Gasteiger partial charge in [0.2, 0.25) is 0 Å². The molecule has 0 spiro atoms. The third-order valence-corrected chi connectivity index (χ3v) is 2.25. The smallest absolute Gasteiger partial charge is 0.277 e. The van der Waals surface area contributed by atoms with Gasteiger partial charge in [-0.05, 0) is 25.0 Å². The van der Waals surface area contributed by atoms with Crippen LogP contribution in [0.4, 0.5) is 18.9 Å². The second-order valence-corrected chi connectivity index (χ2v) is 3.95. The summed E-state index contributed by atoms with van der Waals surface area (Å²) in [5.74, 6) is 0.282. The van der Waals surface area contributed by atoms with Crippen molar-refractivity contribution in [1.29, 1.82) is 0 Å². The van der Waals surface area contributed by atoms with Crippen LogP contribution >= 0.6 is 0 Å². The monoisotopic (exact) mass is 245 g/mol. The SMILES string of the molecule is C/C(=N\Nc1ccc(C(F)(F)F)nc1)C(C)C. The lowest BCUT2D eigenvalue weighted by molar-refractivity contribution is -0.141. The van der Waals surface area contributed by atoms with Gasteiger partial charge in [-0.15, -0.1) is 0 Å². The molecule has 0 aliphatic carbocycles. The van der Waals surface area contributed by atoms with Crippen molar-refractivity contribution in [2.45, 2.75) is 26.9 Å². The van der Waals surface area contributed by atoms with Crippen LogP contribution in [0.3, 0.4) is 0 Å². The second-order valence-electron chi connectivity index (χ2n) is 3.95. The summed E-state index contributed by atoms with van der Waals surface area (Å²) in [6.07, 6.45) is -3.30. The normalized spacial score (nSPS) is 13.0. The molecular weight excluding hydrogens is 231 g/mol. The summed E-state index contributed by atoms with van der Waals surface area (Å²) in [6, 6.07) is 2.22. The summed E-state index contributed by atoms with van der Waals surface area (Å²) in [6.45, 7) is 5.80. The number of halogens is 3. The first-order chi connectivity index (χ1) is 7.80. The highest BCUT2D eigenvalue weighted by Gasteiger charge is 2.31. The summed E-state index contributed by atoms with van der Waals surface area (Å²) in [4.78, 5) is 3.32. The molecule has 0 unspecified atom stereocenters. The van der Waals surface area contributed by atoms with Crippen LogP contribution < -0.4 is 5.43 Å². The van der Waals surface area contributed by atoms with Gasteiger partial charge in [-0.25, -0.2) is 4.98 Å². The number of alkyl halides is 3. The average molecular weight is 245 g/mol. The molecule has 0 amide bonds. The van der Waals surface area contributed by atoms with E-state index in [0.29, 0.717) is 5.69 Å². The molecule has 0 radical (unpaired) electrons. The largest absolute Gasteiger partial charge is 0.433 e. The first kappa shape index (κ1) is 13.5. The number of hydrogen-bond acceptors (Lipinski definition) is 3. The van der Waals surface area contributed by atoms with Crippen LogP contribution in [0.1, 0.15) is 26.5 Å². The Morgan fingerprint density at radius 2 is 2.00 bits per heavy atom. The molecule has 1 heterocycles. The molecule has 0 saturated carbocycles. The minimum Gasteiger partial charge on any atom is -0.277 e. The fraction of sp³-hybridized carbons (Fsp3) is 0.455. The zero-order chi connectivity index (χ0) is 13.1. The van der Waals surface area contributed by atoms with Gasteiger partial charge in [0, 0.05) is 5.71 Å². The number of nitrogens with zero attached hydrogens (tertiary/aromatic N) is 2. The highest BCUT2D eigenvalue weighted by Crippen LogP contribution is 2.27. The van der Waals surface area contributed by atoms with Crippen LogP contribution in [0, 0.1) is 5.92 Å². The minimum absolute atomic E-state index is 0.282. The van der Waals surface area contributed by atoms with Crippen molar-refractivity contribution in [3.05, 3.63) is 24.0 Å². The Kier molecular flexibility index (Phi) is 4.09. The number of nitrogens with one attached hydrogen (secondary N) is 1. The van der Waals surface area contributed by atoms with Gasteiger partial charge in [-0.2, -0.15) is 18.3 Å². The van der Waals surface area contributed by atoms with Gasteiger partial charge in [0.05, 0.1) is 11.9 Å². The second kappa shape index (κ2) is 5.16. The molecule has 17 heavy (non-hydrogen) atoms. The molecule has 3 nitrogen and oxygen atoms in total. The van der Waals surface area contributed by atoms with Gasteiger partial charge in [-0.3, -0.25) is 5.43 Å². The number of anilines is 1. The van der Waals surface area contributed by atoms with Gasteiger partial charge < -0.3 is 0 Å². The summed E-state index contributed by atoms with van der Waals surface area (Å²) in [5, 5.41) is 4.03. The van der Waals surface area contributed by atoms with Crippen LogP contribution in [0.5, 0.6) is 0 Å². The van der Waals surface area contributed by atoms with Gasteiger partial charge >= 0.3 is 6.18 Å². The quantitative estimate of drug-likeness (QED) is 0.653. The highest BCUT2D eigenvalue weighted by molar-refractivity contribution is 5.84. The molecule has 1 aromatic rings. The molecule has 6 heteroatoms. The fourth-order valence-corrected chi connectivity index (χ4v) is 0.910. The van der Waals surface area contributed by atoms with Gasteiger partial charge in [-0.1, -0.05) is 13.8 Å². The first-order valence-corrected chi connectivity index (χ1v) is 5.14. The molecule has 0 bridgehead atoms. The van der Waals surface area contributed by atoms with Gasteiger partial charge in [0.15, 0.2) is 0 Å². The third-order valence-electron chi connectivity index (χ3n) is 2.25. The average Bonchev–Trinajstić information content (AvgIpc) is 2.25. The Morgan fingerprint density at radius 1 is 1.35 bits per heavy atom. The van der Waals surface area contributed by atoms with Crippen LogP contribution in [-0.2, 0) is 6.18 Å². The Balaban J connectivity index is 2.73. The number of pyridine rings is 1. The van der Waals surface area contributed by atoms with E-state index < -0.39 is 11.9 Å². The number of hydrogen-bond donors (Lipinski definition) is 1. The number of rotatable bonds is 3. The van der Waals surface area contributed by atoms with Crippen molar-refractivity contribution in [3.8, 4) is 0 Å². The highest BCUT2D eigenvalue weighted by atomic mass is 19.4. The molecule has 0 aromatic carbocycles. The molecule has 94 valence electrons. The lowest BCUT2D eigenvalue weighted by atomic mass is 10.1. The van der Waals surface area contributed by atoms with Crippen molar-refractivity contribution >= 4 is 11.4 Å². The van der Waals surface area contributed by atoms with E-state index in [1.165, 1.54) is 6.07 Å². The number of hydrazone groups is 1. The molecule has 1 aromatic heterocycles. The zero-order valence-corrected chi connectivity index (χ0v) is 9.84. The Bertz CT molecular complexity index is 393. The molecule has 0 saturated heterocycles. The standard InChI is InChI=1S/C11H14F3N3/c1-7(2)8(3)16-17-9-4-5-10(15-6-9)11(12,13)14/h4-7,17H,1-3H3/b16-8+. The minimum atomic E-state index is -4.41. The summed E-state index contributed by atoms with van der Waals surface area (Å²) >= 11 is 0. The van der Waals surface area contributed by atoms with E-state index in [-0.39, 0.29) is 5.92 Å². The van der Waals surface area contributed by atoms with Crippen LogP contribution in [0.15, 0.2) is 23.4 Å². The van der Waals surface area contributed by atoms with Crippen LogP contribution in [0.25, 0.3) is 0 Å². The maximum atomic E-state index is 12.2. The summed E-state index contributed by atoms with van der Waals surface area (Å²) in [7, 11) is 0. The van der Waals surface area contributed by atoms with Crippen LogP contribution in [-0.4, -0.2) is 10.7 Å². The van der Waals surface area contributed by atoms with E-state index in [1.807, 2.05) is 20.8 Å². The fourth-order valence-electron chi connectivity index (χ4n) is 0.910. The molecule has 1 N–H and O–H groups in total. The predicted octanol–water partition coefficient (Wildman–Crippen LogP) is 3.54. The topological polar surface area (TPSA) is 37.3 Å². The maximum absolute atomic E-state index is 12.2. The Morgan fingerprint density at radius 3 is 2.41 bits per heavy atom. The van der Waals surface area contributed by atoms with E-state index in [1.54, 1.807) is 0 Å². The molecule has 1 rings (SSSR count). The first-order valence-electron chi connectivity index (χ1n) is 5.14. The Hall–Kier alpha value is -1.59. The summed E-state index contributed by atoms with van der Waals surface area (Å²) < 4.78 is 36.7. The van der Waals surface area contributed by atoms with Gasteiger partial charge in [0.25, 0.3) is 0 Å². The molecule has 0 atom stereocenters. The third kappa shape index (κ3) is 4.05. The lowest BCUT2D eigenvalue weighted by Gasteiger charge is -2.07. The van der Waals surface area contributed by atoms with Crippen molar-refractivity contribution < 1.29 is 13.2 Å². The van der Waals surface area contributed by atoms with E-state index in [2.05, 4.69) is 15.5 Å². The molecule has 0 aliphatic rings. The van der Waals surface area contributed by atoms with Crippen molar-refractivity contribution in [1.82, 2.24) is 4.98 Å². The molecular formula is C11H14F3N3. The zero-order valence-electron chi connectivity index (χ0n) is 9.84. The lowest BCUT2D eigenvalue weighted by Crippen LogP contribution is -2.08. The van der Waals surface area contributed by atoms with E-state index in [0.717, 1.165) is 18.0 Å². The van der Waals surface area contributed by atoms with Crippen molar-refractivity contribution in [2.75, 3.05) is 5.43 Å². The van der Waals surface area contributed by atoms with Crippen LogP contribution in [0.2, 0.25) is 0 Å². The van der Waals surface area contributed by atoms with E-state index in [4.69, 9.17) is 0 Å². The van der Waals surface area contributed by atoms with E-state index >= 15 is 0 Å². The van der Waals surface area contributed by atoms with Crippen molar-refractivity contribution in [2.24, 2.45) is 11.0 Å². The maximum Gasteiger partial charge on any atom is 0.433 e. The van der Waals surface area contributed by atoms with Crippen molar-refractivity contribution in [3.63, 3.8) is 0 Å². The van der Waals surface area contributed by atoms with E-state index in [9.17, 15) is 13.2 Å². The predicted molar refractivity (Wildman–Crippen MR) is 60.8 cm³/mol. The number of aromatic nitrogens is 1. The van der Waals surface area contributed by atoms with Gasteiger partial charge in [0.1, 0.15) is 5.69 Å². The molecule has 0 aliphatic heterocycles. The Labute approximate surface area is 97.8 Å².